The van der Waals surface area contributed by atoms with Crippen molar-refractivity contribution in [2.45, 2.75) is 71.0 Å². The number of nitrogens with one attached hydrogen (secondary N) is 2. The molecule has 0 bridgehead atoms. The zero-order chi connectivity index (χ0) is 29.2. The maximum Gasteiger partial charge on any atom is 0.302 e. The molecule has 4 rings (SSSR count). The van der Waals surface area contributed by atoms with E-state index in [2.05, 4.69) is 15.5 Å². The Hall–Kier alpha value is -4.06. The molecule has 2 aromatic carbocycles. The minimum absolute atomic E-state index is 0.0568. The van der Waals surface area contributed by atoms with Gasteiger partial charge in [0.05, 0.1) is 12.5 Å². The molecule has 4 atom stereocenters. The minimum atomic E-state index is -1.01. The lowest BCUT2D eigenvalue weighted by Gasteiger charge is -2.30. The van der Waals surface area contributed by atoms with Crippen molar-refractivity contribution in [2.75, 3.05) is 11.9 Å². The molecule has 2 aliphatic heterocycles. The third-order valence-electron chi connectivity index (χ3n) is 7.66. The van der Waals surface area contributed by atoms with Crippen molar-refractivity contribution in [3.8, 4) is 0 Å². The molecule has 40 heavy (non-hydrogen) atoms. The highest BCUT2D eigenvalue weighted by Crippen LogP contribution is 2.47. The van der Waals surface area contributed by atoms with E-state index in [0.29, 0.717) is 17.7 Å². The average Bonchev–Trinajstić information content (AvgIpc) is 3.41. The summed E-state index contributed by atoms with van der Waals surface area (Å²) in [6, 6.07) is 12.1. The number of likely N-dealkylation sites (tertiary alicyclic amines) is 1. The second-order valence-electron chi connectivity index (χ2n) is 12.1. The fourth-order valence-corrected chi connectivity index (χ4v) is 5.91. The summed E-state index contributed by atoms with van der Waals surface area (Å²) in [5.74, 6) is -2.44. The first-order valence-electron chi connectivity index (χ1n) is 13.5. The van der Waals surface area contributed by atoms with Crippen molar-refractivity contribution in [2.24, 2.45) is 11.3 Å². The fourth-order valence-electron chi connectivity index (χ4n) is 5.91. The summed E-state index contributed by atoms with van der Waals surface area (Å²) in [5, 5.41) is 5.58. The van der Waals surface area contributed by atoms with Crippen LogP contribution >= 0.6 is 0 Å². The highest BCUT2D eigenvalue weighted by Gasteiger charge is 2.59. The van der Waals surface area contributed by atoms with E-state index in [-0.39, 0.29) is 54.7 Å². The number of benzene rings is 2. The molecule has 0 radical (unpaired) electrons. The second-order valence-corrected chi connectivity index (χ2v) is 12.1. The van der Waals surface area contributed by atoms with Gasteiger partial charge in [0.25, 0.3) is 0 Å². The number of hydrogen-bond donors (Lipinski definition) is 2. The monoisotopic (exact) mass is 546 g/mol. The Kier molecular flexibility index (Phi) is 8.10. The molecule has 2 aliphatic rings. The van der Waals surface area contributed by atoms with Gasteiger partial charge in [-0.15, -0.1) is 0 Å². The smallest absolute Gasteiger partial charge is 0.302 e. The highest BCUT2D eigenvalue weighted by atomic mass is 19.1. The molecule has 0 aromatic heterocycles. The SMILES string of the molecule is [C-]#[N+][C@@H]1C[C@@]2(CN1C(=O)[C@@H](CC(=O)[C@H](Cc1ccc(F)cc1)NC(C)=O)CC(C)(C)C)C(=O)Nc1ccccc12. The molecule has 0 unspecified atom stereocenters. The lowest BCUT2D eigenvalue weighted by molar-refractivity contribution is -0.140. The molecule has 2 heterocycles. The molecule has 0 aliphatic carbocycles. The Morgan fingerprint density at radius 1 is 1.18 bits per heavy atom. The first-order valence-corrected chi connectivity index (χ1v) is 13.5. The molecule has 9 heteroatoms. The van der Waals surface area contributed by atoms with E-state index in [4.69, 9.17) is 6.57 Å². The van der Waals surface area contributed by atoms with Crippen LogP contribution in [-0.2, 0) is 31.0 Å². The number of Topliss-reactive ketones (excluding diaryl/α,β-unsaturated/α-hetero) is 1. The number of carbonyl (C=O) groups excluding carboxylic acids is 4. The van der Waals surface area contributed by atoms with Crippen molar-refractivity contribution in [3.63, 3.8) is 0 Å². The summed E-state index contributed by atoms with van der Waals surface area (Å²) in [7, 11) is 0. The predicted octanol–water partition coefficient (Wildman–Crippen LogP) is 4.25. The Balaban J connectivity index is 1.60. The molecule has 2 aromatic rings. The zero-order valence-electron chi connectivity index (χ0n) is 23.3. The molecule has 1 saturated heterocycles. The van der Waals surface area contributed by atoms with Crippen molar-refractivity contribution in [1.82, 2.24) is 10.2 Å². The van der Waals surface area contributed by atoms with E-state index in [0.717, 1.165) is 5.56 Å². The Bertz CT molecular complexity index is 1360. The van der Waals surface area contributed by atoms with Gasteiger partial charge in [-0.05, 0) is 47.6 Å². The minimum Gasteiger partial charge on any atom is -0.346 e. The van der Waals surface area contributed by atoms with E-state index in [1.54, 1.807) is 12.1 Å². The van der Waals surface area contributed by atoms with Gasteiger partial charge < -0.3 is 10.6 Å². The predicted molar refractivity (Wildman–Crippen MR) is 148 cm³/mol. The lowest BCUT2D eigenvalue weighted by Crippen LogP contribution is -2.46. The molecule has 1 fully saturated rings. The maximum atomic E-state index is 14.1. The summed E-state index contributed by atoms with van der Waals surface area (Å²) in [6.45, 7) is 15.1. The largest absolute Gasteiger partial charge is 0.346 e. The number of amides is 3. The van der Waals surface area contributed by atoms with Gasteiger partial charge in [-0.25, -0.2) is 11.0 Å². The summed E-state index contributed by atoms with van der Waals surface area (Å²) >= 11 is 0. The van der Waals surface area contributed by atoms with Crippen LogP contribution in [0.15, 0.2) is 48.5 Å². The quantitative estimate of drug-likeness (QED) is 0.484. The van der Waals surface area contributed by atoms with Crippen LogP contribution < -0.4 is 10.6 Å². The van der Waals surface area contributed by atoms with Gasteiger partial charge in [-0.2, -0.15) is 0 Å². The van der Waals surface area contributed by atoms with Gasteiger partial charge in [0.1, 0.15) is 11.2 Å². The first kappa shape index (κ1) is 28.9. The van der Waals surface area contributed by atoms with Crippen LogP contribution in [0.1, 0.15) is 58.1 Å². The molecular formula is C31H35FN4O4. The van der Waals surface area contributed by atoms with Crippen molar-refractivity contribution >= 4 is 29.2 Å². The fraction of sp³-hybridized carbons (Fsp3) is 0.452. The third kappa shape index (κ3) is 6.06. The van der Waals surface area contributed by atoms with E-state index < -0.39 is 29.4 Å². The second kappa shape index (κ2) is 11.2. The number of halogens is 1. The third-order valence-corrected chi connectivity index (χ3v) is 7.66. The molecular weight excluding hydrogens is 511 g/mol. The van der Waals surface area contributed by atoms with Crippen LogP contribution in [0.3, 0.4) is 0 Å². The molecule has 2 N–H and O–H groups in total. The van der Waals surface area contributed by atoms with E-state index >= 15 is 0 Å². The first-order chi connectivity index (χ1) is 18.8. The van der Waals surface area contributed by atoms with Gasteiger partial charge in [0.2, 0.25) is 17.7 Å². The highest BCUT2D eigenvalue weighted by molar-refractivity contribution is 6.07. The van der Waals surface area contributed by atoms with Crippen LogP contribution in [0.2, 0.25) is 0 Å². The summed E-state index contributed by atoms with van der Waals surface area (Å²) < 4.78 is 13.4. The van der Waals surface area contributed by atoms with Crippen molar-refractivity contribution in [3.05, 3.63) is 76.9 Å². The van der Waals surface area contributed by atoms with E-state index in [9.17, 15) is 23.6 Å². The van der Waals surface area contributed by atoms with Crippen LogP contribution in [0, 0.1) is 23.7 Å². The molecule has 8 nitrogen and oxygen atoms in total. The Morgan fingerprint density at radius 3 is 2.48 bits per heavy atom. The topological polar surface area (TPSA) is 99.9 Å². The van der Waals surface area contributed by atoms with Crippen LogP contribution in [0.25, 0.3) is 4.85 Å². The number of rotatable bonds is 8. The molecule has 1 spiro atoms. The number of para-hydroxylation sites is 1. The number of nitrogens with zero attached hydrogens (tertiary/aromatic N) is 2. The van der Waals surface area contributed by atoms with E-state index in [1.165, 1.54) is 24.0 Å². The normalized spacial score (nSPS) is 21.4. The molecule has 0 saturated carbocycles. The standard InChI is InChI=1S/C31H35FN4O4/c1-19(37)34-25(14-20-10-12-22(32)13-11-20)26(38)15-21(16-30(2,3)4)28(39)36-18-31(17-27(36)33-5)23-8-6-7-9-24(23)35-29(31)40/h6-13,21,25,27H,14-18H2,1-4H3,(H,34,37)(H,35,40)/t21-,25-,27-,31-/m0/s1. The zero-order valence-corrected chi connectivity index (χ0v) is 23.3. The Labute approximate surface area is 234 Å². The molecule has 210 valence electrons. The van der Waals surface area contributed by atoms with Crippen LogP contribution in [-0.4, -0.2) is 47.2 Å². The number of anilines is 1. The van der Waals surface area contributed by atoms with Gasteiger partial charge in [-0.3, -0.25) is 28.9 Å². The van der Waals surface area contributed by atoms with Crippen molar-refractivity contribution in [1.29, 1.82) is 0 Å². The molecule has 3 amide bonds. The summed E-state index contributed by atoms with van der Waals surface area (Å²) in [6.07, 6.45) is -0.270. The van der Waals surface area contributed by atoms with Crippen molar-refractivity contribution < 1.29 is 23.6 Å². The van der Waals surface area contributed by atoms with Gasteiger partial charge in [0, 0.05) is 31.5 Å². The number of hydrogen-bond acceptors (Lipinski definition) is 4. The van der Waals surface area contributed by atoms with Crippen LogP contribution in [0.5, 0.6) is 0 Å². The maximum absolute atomic E-state index is 14.1. The van der Waals surface area contributed by atoms with Gasteiger partial charge in [-0.1, -0.05) is 51.1 Å². The van der Waals surface area contributed by atoms with Gasteiger partial charge >= 0.3 is 6.17 Å². The average molecular weight is 547 g/mol. The summed E-state index contributed by atoms with van der Waals surface area (Å²) in [5.41, 5.74) is 0.804. The van der Waals surface area contributed by atoms with Gasteiger partial charge in [0.15, 0.2) is 5.78 Å². The number of fused-ring (bicyclic) bond motifs is 2. The number of ketones is 1. The lowest BCUT2D eigenvalue weighted by atomic mass is 9.80. The van der Waals surface area contributed by atoms with E-state index in [1.807, 2.05) is 45.0 Å². The number of carbonyl (C=O) groups is 4. The summed E-state index contributed by atoms with van der Waals surface area (Å²) in [4.78, 5) is 58.0. The van der Waals surface area contributed by atoms with Crippen LogP contribution in [0.4, 0.5) is 10.1 Å². The Morgan fingerprint density at radius 2 is 1.85 bits per heavy atom.